The summed E-state index contributed by atoms with van der Waals surface area (Å²) in [5.41, 5.74) is 0.735. The van der Waals surface area contributed by atoms with Crippen LogP contribution in [0.4, 0.5) is 0 Å². The zero-order valence-corrected chi connectivity index (χ0v) is 13.0. The van der Waals surface area contributed by atoms with E-state index < -0.39 is 5.91 Å². The van der Waals surface area contributed by atoms with Crippen LogP contribution < -0.4 is 14.2 Å². The van der Waals surface area contributed by atoms with Gasteiger partial charge in [-0.2, -0.15) is 0 Å². The van der Waals surface area contributed by atoms with Crippen molar-refractivity contribution in [3.63, 3.8) is 0 Å². The first-order valence-corrected chi connectivity index (χ1v) is 6.53. The number of benzene rings is 1. The summed E-state index contributed by atoms with van der Waals surface area (Å²) >= 11 is 0. The molecule has 1 aromatic rings. The van der Waals surface area contributed by atoms with E-state index in [4.69, 9.17) is 14.2 Å². The van der Waals surface area contributed by atoms with Gasteiger partial charge in [0.2, 0.25) is 12.0 Å². The average molecular weight is 295 g/mol. The van der Waals surface area contributed by atoms with Crippen LogP contribution in [0.15, 0.2) is 12.1 Å². The Kier molecular flexibility index (Phi) is 6.02. The Morgan fingerprint density at radius 2 is 1.76 bits per heavy atom. The summed E-state index contributed by atoms with van der Waals surface area (Å²) < 4.78 is 15.9. The first-order chi connectivity index (χ1) is 9.99. The number of rotatable bonds is 7. The molecule has 0 spiro atoms. The van der Waals surface area contributed by atoms with E-state index >= 15 is 0 Å². The normalized spacial score (nSPS) is 10.2. The van der Waals surface area contributed by atoms with Gasteiger partial charge >= 0.3 is 0 Å². The van der Waals surface area contributed by atoms with E-state index in [1.807, 2.05) is 13.8 Å². The van der Waals surface area contributed by atoms with E-state index in [0.717, 1.165) is 5.56 Å². The van der Waals surface area contributed by atoms with E-state index in [9.17, 15) is 9.59 Å². The zero-order valence-electron chi connectivity index (χ0n) is 13.0. The molecular weight excluding hydrogens is 274 g/mol. The van der Waals surface area contributed by atoms with Gasteiger partial charge in [0.1, 0.15) is 0 Å². The first kappa shape index (κ1) is 16.8. The van der Waals surface area contributed by atoms with Crippen LogP contribution in [0.3, 0.4) is 0 Å². The smallest absolute Gasteiger partial charge is 0.287 e. The van der Waals surface area contributed by atoms with Crippen molar-refractivity contribution in [1.29, 1.82) is 0 Å². The number of hydrogen-bond acceptors (Lipinski definition) is 5. The maximum atomic E-state index is 11.7. The Labute approximate surface area is 124 Å². The van der Waals surface area contributed by atoms with Gasteiger partial charge < -0.3 is 19.1 Å². The summed E-state index contributed by atoms with van der Waals surface area (Å²) in [5, 5.41) is 0. The molecule has 1 aromatic carbocycles. The molecule has 0 fully saturated rings. The molecule has 1 rings (SSSR count). The fraction of sp³-hybridized carbons (Fsp3) is 0.467. The molecule has 0 saturated heterocycles. The molecule has 116 valence electrons. The third-order valence-electron chi connectivity index (χ3n) is 3.13. The molecule has 0 heterocycles. The number of nitrogens with zero attached hydrogens (tertiary/aromatic N) is 1. The van der Waals surface area contributed by atoms with E-state index in [0.29, 0.717) is 23.5 Å². The summed E-state index contributed by atoms with van der Waals surface area (Å²) in [5.74, 6) is 0.915. The van der Waals surface area contributed by atoms with Crippen molar-refractivity contribution in [3.8, 4) is 17.2 Å². The Hall–Kier alpha value is -2.24. The third-order valence-corrected chi connectivity index (χ3v) is 3.13. The van der Waals surface area contributed by atoms with Crippen molar-refractivity contribution < 1.29 is 23.8 Å². The highest BCUT2D eigenvalue weighted by Gasteiger charge is 2.21. The second kappa shape index (κ2) is 7.52. The minimum absolute atomic E-state index is 0.111. The standard InChI is InChI=1S/C15H21NO5/c1-10(2)16(13(18)9-17)8-11-6-7-12(19-3)15(21-5)14(11)20-4/h6-7,9-10H,8H2,1-5H3. The van der Waals surface area contributed by atoms with Gasteiger partial charge in [-0.25, -0.2) is 0 Å². The Morgan fingerprint density at radius 3 is 2.19 bits per heavy atom. The van der Waals surface area contributed by atoms with Crippen molar-refractivity contribution in [2.75, 3.05) is 21.3 Å². The largest absolute Gasteiger partial charge is 0.493 e. The van der Waals surface area contributed by atoms with Crippen LogP contribution in [-0.2, 0) is 16.1 Å². The fourth-order valence-corrected chi connectivity index (χ4v) is 2.05. The Balaban J connectivity index is 3.23. The number of methoxy groups -OCH3 is 3. The zero-order chi connectivity index (χ0) is 16.0. The molecule has 0 aromatic heterocycles. The molecule has 0 radical (unpaired) electrons. The lowest BCUT2D eigenvalue weighted by molar-refractivity contribution is -0.140. The van der Waals surface area contributed by atoms with Gasteiger partial charge in [-0.3, -0.25) is 9.59 Å². The lowest BCUT2D eigenvalue weighted by Gasteiger charge is -2.26. The van der Waals surface area contributed by atoms with Gasteiger partial charge in [0.05, 0.1) is 27.9 Å². The summed E-state index contributed by atoms with van der Waals surface area (Å²) in [7, 11) is 4.57. The van der Waals surface area contributed by atoms with Gasteiger partial charge in [-0.05, 0) is 26.0 Å². The van der Waals surface area contributed by atoms with Crippen LogP contribution in [0.1, 0.15) is 19.4 Å². The summed E-state index contributed by atoms with van der Waals surface area (Å²) in [4.78, 5) is 23.9. The number of aldehydes is 1. The quantitative estimate of drug-likeness (QED) is 0.565. The topological polar surface area (TPSA) is 65.1 Å². The van der Waals surface area contributed by atoms with Crippen LogP contribution in [0.25, 0.3) is 0 Å². The molecule has 0 aliphatic carbocycles. The van der Waals surface area contributed by atoms with Crippen molar-refractivity contribution in [2.24, 2.45) is 0 Å². The summed E-state index contributed by atoms with van der Waals surface area (Å²) in [6, 6.07) is 3.41. The maximum Gasteiger partial charge on any atom is 0.287 e. The highest BCUT2D eigenvalue weighted by atomic mass is 16.5. The molecule has 6 heteroatoms. The van der Waals surface area contributed by atoms with Gasteiger partial charge in [-0.1, -0.05) is 0 Å². The predicted octanol–water partition coefficient (Wildman–Crippen LogP) is 1.65. The average Bonchev–Trinajstić information content (AvgIpc) is 2.50. The molecule has 1 amide bonds. The van der Waals surface area contributed by atoms with Gasteiger partial charge in [0.25, 0.3) is 5.91 Å². The van der Waals surface area contributed by atoms with Crippen molar-refractivity contribution in [1.82, 2.24) is 4.90 Å². The molecule has 0 unspecified atom stereocenters. The molecule has 0 aliphatic heterocycles. The lowest BCUT2D eigenvalue weighted by atomic mass is 10.1. The molecule has 21 heavy (non-hydrogen) atoms. The number of ether oxygens (including phenoxy) is 3. The van der Waals surface area contributed by atoms with Crippen LogP contribution in [-0.4, -0.2) is 44.5 Å². The van der Waals surface area contributed by atoms with Crippen LogP contribution >= 0.6 is 0 Å². The fourth-order valence-electron chi connectivity index (χ4n) is 2.05. The van der Waals surface area contributed by atoms with E-state index in [1.165, 1.54) is 26.2 Å². The third kappa shape index (κ3) is 3.65. The molecule has 0 atom stereocenters. The van der Waals surface area contributed by atoms with Gasteiger partial charge in [-0.15, -0.1) is 0 Å². The minimum Gasteiger partial charge on any atom is -0.493 e. The summed E-state index contributed by atoms with van der Waals surface area (Å²) in [6.45, 7) is 3.93. The molecular formula is C15H21NO5. The molecule has 6 nitrogen and oxygen atoms in total. The Morgan fingerprint density at radius 1 is 1.14 bits per heavy atom. The predicted molar refractivity (Wildman–Crippen MR) is 77.8 cm³/mol. The van der Waals surface area contributed by atoms with Crippen molar-refractivity contribution in [3.05, 3.63) is 17.7 Å². The maximum absolute atomic E-state index is 11.7. The number of carbonyl (C=O) groups is 2. The molecule has 0 aliphatic rings. The molecule has 0 bridgehead atoms. The first-order valence-electron chi connectivity index (χ1n) is 6.53. The lowest BCUT2D eigenvalue weighted by Crippen LogP contribution is -2.37. The van der Waals surface area contributed by atoms with E-state index in [2.05, 4.69) is 0 Å². The van der Waals surface area contributed by atoms with Crippen LogP contribution in [0.5, 0.6) is 17.2 Å². The number of carbonyl (C=O) groups excluding carboxylic acids is 2. The van der Waals surface area contributed by atoms with Crippen LogP contribution in [0.2, 0.25) is 0 Å². The molecule has 0 saturated carbocycles. The second-order valence-electron chi connectivity index (χ2n) is 4.67. The second-order valence-corrected chi connectivity index (χ2v) is 4.67. The van der Waals surface area contributed by atoms with Crippen molar-refractivity contribution in [2.45, 2.75) is 26.4 Å². The SMILES string of the molecule is COc1ccc(CN(C(=O)C=O)C(C)C)c(OC)c1OC. The van der Waals surface area contributed by atoms with E-state index in [-0.39, 0.29) is 12.6 Å². The monoisotopic (exact) mass is 295 g/mol. The highest BCUT2D eigenvalue weighted by Crippen LogP contribution is 2.40. The van der Waals surface area contributed by atoms with Crippen LogP contribution in [0, 0.1) is 0 Å². The minimum atomic E-state index is -0.568. The van der Waals surface area contributed by atoms with Gasteiger partial charge in [0.15, 0.2) is 11.5 Å². The number of amides is 1. The highest BCUT2D eigenvalue weighted by molar-refractivity contribution is 6.23. The Bertz CT molecular complexity index is 513. The van der Waals surface area contributed by atoms with Crippen molar-refractivity contribution >= 4 is 12.2 Å². The number of hydrogen-bond donors (Lipinski definition) is 0. The summed E-state index contributed by atoms with van der Waals surface area (Å²) in [6.07, 6.45) is 0.313. The van der Waals surface area contributed by atoms with E-state index in [1.54, 1.807) is 12.1 Å². The van der Waals surface area contributed by atoms with Gasteiger partial charge in [0, 0.05) is 11.6 Å². The molecule has 0 N–H and O–H groups in total.